The molecule has 1 heterocycles. The van der Waals surface area contributed by atoms with E-state index in [1.165, 1.54) is 6.07 Å². The van der Waals surface area contributed by atoms with Crippen LogP contribution in [0, 0.1) is 17.0 Å². The van der Waals surface area contributed by atoms with Crippen LogP contribution in [0.2, 0.25) is 0 Å². The maximum atomic E-state index is 11.8. The monoisotopic (exact) mass is 267 g/mol. The number of amides is 1. The largest absolute Gasteiger partial charge is 0.325 e. The van der Waals surface area contributed by atoms with Gasteiger partial charge in [-0.05, 0) is 19.1 Å². The Labute approximate surface area is 108 Å². The molecule has 0 saturated carbocycles. The van der Waals surface area contributed by atoms with Crippen LogP contribution < -0.4 is 10.6 Å². The number of carbonyl (C=O) groups is 1. The van der Waals surface area contributed by atoms with Gasteiger partial charge in [0.2, 0.25) is 5.91 Å². The van der Waals surface area contributed by atoms with Crippen LogP contribution in [0.5, 0.6) is 0 Å². The normalized spacial score (nSPS) is 18.6. The molecule has 2 rings (SSSR count). The predicted molar refractivity (Wildman–Crippen MR) is 70.7 cm³/mol. The number of nitro benzene ring substituents is 1. The molecule has 1 aromatic rings. The molecule has 1 aliphatic heterocycles. The third-order valence-electron chi connectivity index (χ3n) is 2.69. The van der Waals surface area contributed by atoms with Gasteiger partial charge in [0.25, 0.3) is 5.69 Å². The molecule has 0 spiro atoms. The van der Waals surface area contributed by atoms with Crippen molar-refractivity contribution in [1.29, 1.82) is 0 Å². The molecule has 1 amide bonds. The lowest BCUT2D eigenvalue weighted by Gasteiger charge is -2.10. The molecule has 1 saturated heterocycles. The van der Waals surface area contributed by atoms with Crippen LogP contribution >= 0.6 is 11.8 Å². The third kappa shape index (κ3) is 2.80. The SMILES string of the molecule is Cc1cc(NC(=O)C2CSCN2)ccc1[N+](=O)[O-]. The van der Waals surface area contributed by atoms with E-state index in [-0.39, 0.29) is 17.6 Å². The van der Waals surface area contributed by atoms with Gasteiger partial charge in [-0.2, -0.15) is 0 Å². The fraction of sp³-hybridized carbons (Fsp3) is 0.364. The predicted octanol–water partition coefficient (Wildman–Crippen LogP) is 1.50. The van der Waals surface area contributed by atoms with Gasteiger partial charge in [-0.25, -0.2) is 0 Å². The van der Waals surface area contributed by atoms with E-state index in [0.717, 1.165) is 11.6 Å². The molecule has 0 aliphatic carbocycles. The zero-order valence-corrected chi connectivity index (χ0v) is 10.6. The lowest BCUT2D eigenvalue weighted by Crippen LogP contribution is -2.37. The fourth-order valence-corrected chi connectivity index (χ4v) is 2.67. The van der Waals surface area contributed by atoms with E-state index in [1.54, 1.807) is 30.8 Å². The highest BCUT2D eigenvalue weighted by Crippen LogP contribution is 2.22. The first-order chi connectivity index (χ1) is 8.58. The number of benzene rings is 1. The summed E-state index contributed by atoms with van der Waals surface area (Å²) in [6.07, 6.45) is 0. The van der Waals surface area contributed by atoms with Gasteiger partial charge in [0.15, 0.2) is 0 Å². The second kappa shape index (κ2) is 5.36. The summed E-state index contributed by atoms with van der Waals surface area (Å²) in [7, 11) is 0. The van der Waals surface area contributed by atoms with Gasteiger partial charge < -0.3 is 5.32 Å². The molecule has 1 fully saturated rings. The molecule has 6 nitrogen and oxygen atoms in total. The number of hydrogen-bond donors (Lipinski definition) is 2. The topological polar surface area (TPSA) is 84.3 Å². The number of thioether (sulfide) groups is 1. The summed E-state index contributed by atoms with van der Waals surface area (Å²) >= 11 is 1.67. The van der Waals surface area contributed by atoms with Crippen LogP contribution in [0.3, 0.4) is 0 Å². The van der Waals surface area contributed by atoms with Crippen molar-refractivity contribution in [2.24, 2.45) is 0 Å². The molecule has 0 radical (unpaired) electrons. The molecule has 0 aromatic heterocycles. The average Bonchev–Trinajstić information content (AvgIpc) is 2.81. The van der Waals surface area contributed by atoms with E-state index in [1.807, 2.05) is 0 Å². The molecule has 1 aliphatic rings. The van der Waals surface area contributed by atoms with E-state index in [0.29, 0.717) is 11.3 Å². The van der Waals surface area contributed by atoms with Crippen LogP contribution in [0.15, 0.2) is 18.2 Å². The highest BCUT2D eigenvalue weighted by Gasteiger charge is 2.22. The van der Waals surface area contributed by atoms with Crippen molar-refractivity contribution >= 4 is 29.0 Å². The molecule has 7 heteroatoms. The standard InChI is InChI=1S/C11H13N3O3S/c1-7-4-8(2-3-10(7)14(16)17)13-11(15)9-5-18-6-12-9/h2-4,9,12H,5-6H2,1H3,(H,13,15). The zero-order chi connectivity index (χ0) is 13.1. The third-order valence-corrected chi connectivity index (χ3v) is 3.63. The number of nitrogens with zero attached hydrogens (tertiary/aromatic N) is 1. The van der Waals surface area contributed by atoms with E-state index in [2.05, 4.69) is 10.6 Å². The Morgan fingerprint density at radius 1 is 1.61 bits per heavy atom. The second-order valence-corrected chi connectivity index (χ2v) is 5.05. The molecule has 1 aromatic carbocycles. The summed E-state index contributed by atoms with van der Waals surface area (Å²) in [5, 5.41) is 16.5. The van der Waals surface area contributed by atoms with Crippen molar-refractivity contribution < 1.29 is 9.72 Å². The minimum atomic E-state index is -0.434. The number of carbonyl (C=O) groups excluding carboxylic acids is 1. The number of aryl methyl sites for hydroxylation is 1. The molecule has 2 N–H and O–H groups in total. The number of hydrogen-bond acceptors (Lipinski definition) is 5. The molecule has 1 atom stereocenters. The highest BCUT2D eigenvalue weighted by atomic mass is 32.2. The van der Waals surface area contributed by atoms with Gasteiger partial charge in [0.1, 0.15) is 0 Å². The van der Waals surface area contributed by atoms with Crippen molar-refractivity contribution in [3.8, 4) is 0 Å². The molecular weight excluding hydrogens is 254 g/mol. The van der Waals surface area contributed by atoms with Gasteiger partial charge in [-0.1, -0.05) is 0 Å². The van der Waals surface area contributed by atoms with Crippen LogP contribution in [0.4, 0.5) is 11.4 Å². The van der Waals surface area contributed by atoms with Gasteiger partial charge in [-0.15, -0.1) is 11.8 Å². The van der Waals surface area contributed by atoms with Crippen LogP contribution in [0.1, 0.15) is 5.56 Å². The molecule has 18 heavy (non-hydrogen) atoms. The first-order valence-corrected chi connectivity index (χ1v) is 6.60. The van der Waals surface area contributed by atoms with Crippen molar-refractivity contribution in [1.82, 2.24) is 5.32 Å². The Morgan fingerprint density at radius 2 is 2.39 bits per heavy atom. The number of rotatable bonds is 3. The molecular formula is C11H13N3O3S. The summed E-state index contributed by atoms with van der Waals surface area (Å²) in [4.78, 5) is 22.1. The number of nitro groups is 1. The maximum Gasteiger partial charge on any atom is 0.272 e. The summed E-state index contributed by atoms with van der Waals surface area (Å²) in [5.74, 6) is 1.42. The zero-order valence-electron chi connectivity index (χ0n) is 9.80. The smallest absolute Gasteiger partial charge is 0.272 e. The van der Waals surface area contributed by atoms with Crippen LogP contribution in [-0.4, -0.2) is 28.5 Å². The van der Waals surface area contributed by atoms with E-state index in [4.69, 9.17) is 0 Å². The molecule has 1 unspecified atom stereocenters. The van der Waals surface area contributed by atoms with E-state index >= 15 is 0 Å². The van der Waals surface area contributed by atoms with E-state index < -0.39 is 4.92 Å². The first kappa shape index (κ1) is 12.8. The van der Waals surface area contributed by atoms with Crippen molar-refractivity contribution in [3.63, 3.8) is 0 Å². The highest BCUT2D eigenvalue weighted by molar-refractivity contribution is 7.99. The lowest BCUT2D eigenvalue weighted by atomic mass is 10.1. The first-order valence-electron chi connectivity index (χ1n) is 5.45. The van der Waals surface area contributed by atoms with Crippen molar-refractivity contribution in [3.05, 3.63) is 33.9 Å². The summed E-state index contributed by atoms with van der Waals surface area (Å²) in [6.45, 7) is 1.65. The minimum Gasteiger partial charge on any atom is -0.325 e. The summed E-state index contributed by atoms with van der Waals surface area (Å²) in [5.41, 5.74) is 1.18. The maximum absolute atomic E-state index is 11.8. The minimum absolute atomic E-state index is 0.0579. The molecule has 0 bridgehead atoms. The van der Waals surface area contributed by atoms with E-state index in [9.17, 15) is 14.9 Å². The Bertz CT molecular complexity index is 486. The van der Waals surface area contributed by atoms with Gasteiger partial charge in [0.05, 0.1) is 11.0 Å². The average molecular weight is 267 g/mol. The van der Waals surface area contributed by atoms with Gasteiger partial charge in [-0.3, -0.25) is 20.2 Å². The van der Waals surface area contributed by atoms with Gasteiger partial charge >= 0.3 is 0 Å². The Kier molecular flexibility index (Phi) is 3.83. The molecule has 96 valence electrons. The second-order valence-electron chi connectivity index (χ2n) is 4.02. The Hall–Kier alpha value is -1.60. The Balaban J connectivity index is 2.07. The lowest BCUT2D eigenvalue weighted by molar-refractivity contribution is -0.385. The number of nitrogens with one attached hydrogen (secondary N) is 2. The Morgan fingerprint density at radius 3 is 2.94 bits per heavy atom. The van der Waals surface area contributed by atoms with Gasteiger partial charge in [0, 0.05) is 28.9 Å². The van der Waals surface area contributed by atoms with Crippen LogP contribution in [-0.2, 0) is 4.79 Å². The fourth-order valence-electron chi connectivity index (χ4n) is 1.73. The summed E-state index contributed by atoms with van der Waals surface area (Å²) < 4.78 is 0. The van der Waals surface area contributed by atoms with Crippen LogP contribution in [0.25, 0.3) is 0 Å². The number of anilines is 1. The quantitative estimate of drug-likeness (QED) is 0.640. The van der Waals surface area contributed by atoms with Crippen molar-refractivity contribution in [2.75, 3.05) is 16.9 Å². The van der Waals surface area contributed by atoms with Crippen molar-refractivity contribution in [2.45, 2.75) is 13.0 Å². The summed E-state index contributed by atoms with van der Waals surface area (Å²) in [6, 6.07) is 4.37.